The highest BCUT2D eigenvalue weighted by Crippen LogP contribution is 2.16. The van der Waals surface area contributed by atoms with Gasteiger partial charge in [0, 0.05) is 25.6 Å². The number of alkyl halides is 2. The van der Waals surface area contributed by atoms with Gasteiger partial charge in [-0.15, -0.1) is 0 Å². The number of nitrogens with zero attached hydrogens (tertiary/aromatic N) is 1. The molecule has 20 heavy (non-hydrogen) atoms. The number of aliphatic hydroxyl groups is 1. The maximum atomic E-state index is 12.4. The van der Waals surface area contributed by atoms with Gasteiger partial charge in [0.1, 0.15) is 0 Å². The molecule has 0 unspecified atom stereocenters. The lowest BCUT2D eigenvalue weighted by Crippen LogP contribution is -2.31. The van der Waals surface area contributed by atoms with E-state index >= 15 is 0 Å². The van der Waals surface area contributed by atoms with Crippen LogP contribution >= 0.6 is 0 Å². The molecule has 0 atom stereocenters. The van der Waals surface area contributed by atoms with Gasteiger partial charge in [0.25, 0.3) is 10.0 Å². The van der Waals surface area contributed by atoms with E-state index in [1.54, 1.807) is 24.3 Å². The van der Waals surface area contributed by atoms with Gasteiger partial charge in [-0.1, -0.05) is 30.0 Å². The molecular weight excluding hydrogens is 288 g/mol. The van der Waals surface area contributed by atoms with Gasteiger partial charge < -0.3 is 5.11 Å². The Balaban J connectivity index is 2.97. The van der Waals surface area contributed by atoms with Crippen LogP contribution in [-0.4, -0.2) is 37.2 Å². The van der Waals surface area contributed by atoms with Crippen LogP contribution in [0.15, 0.2) is 24.3 Å². The molecule has 1 aromatic rings. The Hall–Kier alpha value is -1.49. The van der Waals surface area contributed by atoms with Crippen LogP contribution in [0.3, 0.4) is 0 Å². The predicted octanol–water partition coefficient (Wildman–Crippen LogP) is 1.40. The third-order valence-electron chi connectivity index (χ3n) is 2.53. The molecule has 0 fully saturated rings. The highest BCUT2D eigenvalue weighted by molar-refractivity contribution is 7.89. The number of hydrogen-bond acceptors (Lipinski definition) is 3. The lowest BCUT2D eigenvalue weighted by Gasteiger charge is -2.17. The summed E-state index contributed by atoms with van der Waals surface area (Å²) in [5.74, 6) is 2.05. The second-order valence-electron chi connectivity index (χ2n) is 3.99. The van der Waals surface area contributed by atoms with Crippen molar-refractivity contribution in [2.75, 3.05) is 13.7 Å². The lowest BCUT2D eigenvalue weighted by molar-refractivity contribution is 0.222. The van der Waals surface area contributed by atoms with Gasteiger partial charge in [-0.25, -0.2) is 8.42 Å². The van der Waals surface area contributed by atoms with Crippen molar-refractivity contribution in [2.45, 2.75) is 18.7 Å². The monoisotopic (exact) mass is 303 g/mol. The first-order valence-corrected chi connectivity index (χ1v) is 7.31. The minimum absolute atomic E-state index is 0.0746. The van der Waals surface area contributed by atoms with Crippen LogP contribution in [0.4, 0.5) is 8.78 Å². The first-order valence-electron chi connectivity index (χ1n) is 5.80. The average Bonchev–Trinajstić information content (AvgIpc) is 2.40. The van der Waals surface area contributed by atoms with Crippen molar-refractivity contribution >= 4 is 10.0 Å². The van der Waals surface area contributed by atoms with Crippen LogP contribution in [0.25, 0.3) is 0 Å². The molecule has 110 valence electrons. The lowest BCUT2D eigenvalue weighted by atomic mass is 10.1. The van der Waals surface area contributed by atoms with Gasteiger partial charge in [0.2, 0.25) is 0 Å². The molecule has 0 saturated heterocycles. The van der Waals surface area contributed by atoms with Crippen LogP contribution in [0.2, 0.25) is 0 Å². The van der Waals surface area contributed by atoms with Crippen molar-refractivity contribution in [3.8, 4) is 11.8 Å². The molecule has 0 aliphatic heterocycles. The zero-order valence-corrected chi connectivity index (χ0v) is 11.7. The van der Waals surface area contributed by atoms with Gasteiger partial charge >= 0.3 is 5.76 Å². The number of hydrogen-bond donors (Lipinski definition) is 1. The normalized spacial score (nSPS) is 11.5. The van der Waals surface area contributed by atoms with Crippen LogP contribution in [0, 0.1) is 11.8 Å². The van der Waals surface area contributed by atoms with Crippen molar-refractivity contribution in [1.29, 1.82) is 0 Å². The van der Waals surface area contributed by atoms with E-state index < -0.39 is 15.8 Å². The molecule has 0 radical (unpaired) electrons. The summed E-state index contributed by atoms with van der Waals surface area (Å²) in [6.45, 7) is -0.258. The number of sulfonamides is 1. The van der Waals surface area contributed by atoms with E-state index in [0.29, 0.717) is 21.9 Å². The molecule has 4 nitrogen and oxygen atoms in total. The quantitative estimate of drug-likeness (QED) is 0.837. The highest BCUT2D eigenvalue weighted by atomic mass is 32.2. The highest BCUT2D eigenvalue weighted by Gasteiger charge is 2.29. The van der Waals surface area contributed by atoms with Crippen LogP contribution in [-0.2, 0) is 16.6 Å². The van der Waals surface area contributed by atoms with Crippen molar-refractivity contribution in [3.63, 3.8) is 0 Å². The fourth-order valence-electron chi connectivity index (χ4n) is 1.46. The fraction of sp³-hybridized carbons (Fsp3) is 0.385. The molecule has 0 aromatic heterocycles. The second-order valence-corrected chi connectivity index (χ2v) is 6.00. The summed E-state index contributed by atoms with van der Waals surface area (Å²) in [6, 6.07) is 6.69. The van der Waals surface area contributed by atoms with Crippen LogP contribution in [0.1, 0.15) is 17.5 Å². The largest absolute Gasteiger partial charge is 0.395 e. The Morgan fingerprint density at radius 3 is 2.60 bits per heavy atom. The Bertz CT molecular complexity index is 606. The Kier molecular flexibility index (Phi) is 6.07. The molecule has 7 heteroatoms. The molecule has 1 rings (SSSR count). The van der Waals surface area contributed by atoms with E-state index in [-0.39, 0.29) is 13.2 Å². The summed E-state index contributed by atoms with van der Waals surface area (Å²) < 4.78 is 48.1. The number of halogens is 2. The maximum absolute atomic E-state index is 12.4. The summed E-state index contributed by atoms with van der Waals surface area (Å²) in [6.07, 6.45) is 0.291. The SMILES string of the molecule is CN(Cc1ccccc1C#CCCO)S(=O)(=O)C(F)F. The first kappa shape index (κ1) is 16.6. The smallest absolute Gasteiger partial charge is 0.350 e. The minimum atomic E-state index is -4.61. The maximum Gasteiger partial charge on any atom is 0.350 e. The molecule has 0 heterocycles. The van der Waals surface area contributed by atoms with E-state index in [1.165, 1.54) is 0 Å². The van der Waals surface area contributed by atoms with Crippen molar-refractivity contribution in [2.24, 2.45) is 0 Å². The standard InChI is InChI=1S/C13H15F2NO3S/c1-16(20(18,19)13(14)15)10-12-8-3-2-6-11(12)7-4-5-9-17/h2-3,6,8,13,17H,5,9-10H2,1H3. The van der Waals surface area contributed by atoms with Gasteiger partial charge in [-0.05, 0) is 11.6 Å². The summed E-state index contributed by atoms with van der Waals surface area (Å²) >= 11 is 0. The van der Waals surface area contributed by atoms with Crippen LogP contribution in [0.5, 0.6) is 0 Å². The summed E-state index contributed by atoms with van der Waals surface area (Å²) in [5.41, 5.74) is 1.09. The number of rotatable bonds is 5. The summed E-state index contributed by atoms with van der Waals surface area (Å²) in [7, 11) is -3.51. The van der Waals surface area contributed by atoms with Gasteiger partial charge in [0.15, 0.2) is 0 Å². The molecule has 0 amide bonds. The Morgan fingerprint density at radius 2 is 2.00 bits per heavy atom. The fourth-order valence-corrected chi connectivity index (χ4v) is 2.05. The molecule has 1 N–H and O–H groups in total. The summed E-state index contributed by atoms with van der Waals surface area (Å²) in [4.78, 5) is 0. The van der Waals surface area contributed by atoms with Crippen molar-refractivity contribution < 1.29 is 22.3 Å². The third kappa shape index (κ3) is 4.27. The number of benzene rings is 1. The molecule has 0 spiro atoms. The first-order chi connectivity index (χ1) is 9.39. The Labute approximate surface area is 117 Å². The topological polar surface area (TPSA) is 57.6 Å². The van der Waals surface area contributed by atoms with E-state index in [9.17, 15) is 17.2 Å². The van der Waals surface area contributed by atoms with Crippen LogP contribution < -0.4 is 0 Å². The zero-order chi connectivity index (χ0) is 15.2. The van der Waals surface area contributed by atoms with E-state index in [1.807, 2.05) is 0 Å². The number of aliphatic hydroxyl groups excluding tert-OH is 1. The molecule has 0 bridgehead atoms. The molecular formula is C13H15F2NO3S. The molecule has 0 aliphatic carbocycles. The Morgan fingerprint density at radius 1 is 1.35 bits per heavy atom. The summed E-state index contributed by atoms with van der Waals surface area (Å²) in [5, 5.41) is 8.65. The molecule has 0 saturated carbocycles. The third-order valence-corrected chi connectivity index (χ3v) is 3.98. The van der Waals surface area contributed by atoms with Gasteiger partial charge in [-0.2, -0.15) is 13.1 Å². The van der Waals surface area contributed by atoms with E-state index in [0.717, 1.165) is 7.05 Å². The van der Waals surface area contributed by atoms with Gasteiger partial charge in [0.05, 0.1) is 6.61 Å². The van der Waals surface area contributed by atoms with Crippen molar-refractivity contribution in [1.82, 2.24) is 4.31 Å². The van der Waals surface area contributed by atoms with Crippen molar-refractivity contribution in [3.05, 3.63) is 35.4 Å². The van der Waals surface area contributed by atoms with E-state index in [2.05, 4.69) is 11.8 Å². The minimum Gasteiger partial charge on any atom is -0.395 e. The van der Waals surface area contributed by atoms with E-state index in [4.69, 9.17) is 5.11 Å². The predicted molar refractivity (Wildman–Crippen MR) is 71.4 cm³/mol. The van der Waals surface area contributed by atoms with Gasteiger partial charge in [-0.3, -0.25) is 0 Å². The molecule has 1 aromatic carbocycles. The zero-order valence-electron chi connectivity index (χ0n) is 10.9. The molecule has 0 aliphatic rings. The second kappa shape index (κ2) is 7.33. The average molecular weight is 303 g/mol.